The third-order valence-electron chi connectivity index (χ3n) is 5.23. The molecule has 0 radical (unpaired) electrons. The summed E-state index contributed by atoms with van der Waals surface area (Å²) >= 11 is 0. The summed E-state index contributed by atoms with van der Waals surface area (Å²) in [5, 5.41) is 15.0. The molecule has 1 aromatic heterocycles. The van der Waals surface area contributed by atoms with Crippen LogP contribution in [-0.2, 0) is 5.60 Å². The van der Waals surface area contributed by atoms with Crippen LogP contribution < -0.4 is 4.74 Å². The number of carbonyl (C=O) groups is 1. The van der Waals surface area contributed by atoms with Gasteiger partial charge in [-0.15, -0.1) is 0 Å². The zero-order valence-electron chi connectivity index (χ0n) is 15.9. The second kappa shape index (κ2) is 7.13. The molecule has 0 saturated carbocycles. The molecule has 2 aromatic carbocycles. The van der Waals surface area contributed by atoms with Gasteiger partial charge in [0.15, 0.2) is 0 Å². The first-order chi connectivity index (χ1) is 13.5. The number of nitrogens with zero attached hydrogens (tertiary/aromatic N) is 2. The zero-order valence-corrected chi connectivity index (χ0v) is 15.9. The number of carbonyl (C=O) groups excluding carboxylic acids is 1. The lowest BCUT2D eigenvalue weighted by atomic mass is 9.92. The van der Waals surface area contributed by atoms with Crippen molar-refractivity contribution in [3.63, 3.8) is 0 Å². The van der Waals surface area contributed by atoms with Crippen LogP contribution in [0.15, 0.2) is 59.1 Å². The number of likely N-dealkylation sites (tertiary alicyclic amines) is 1. The number of hydrogen-bond donors (Lipinski definition) is 1. The maximum absolute atomic E-state index is 12.8. The Hall–Kier alpha value is -3.12. The van der Waals surface area contributed by atoms with Gasteiger partial charge in [-0.25, -0.2) is 0 Å². The third kappa shape index (κ3) is 3.39. The molecule has 6 heteroatoms. The molecule has 1 saturated heterocycles. The molecule has 1 aliphatic rings. The van der Waals surface area contributed by atoms with Gasteiger partial charge in [0.1, 0.15) is 17.0 Å². The molecule has 1 unspecified atom stereocenters. The molecule has 0 aliphatic carbocycles. The van der Waals surface area contributed by atoms with Crippen molar-refractivity contribution in [2.75, 3.05) is 20.2 Å². The van der Waals surface area contributed by atoms with Gasteiger partial charge in [-0.05, 0) is 43.2 Å². The van der Waals surface area contributed by atoms with E-state index in [1.807, 2.05) is 55.5 Å². The Morgan fingerprint density at radius 2 is 1.89 bits per heavy atom. The van der Waals surface area contributed by atoms with Crippen LogP contribution in [0, 0.1) is 6.92 Å². The topological polar surface area (TPSA) is 75.8 Å². The van der Waals surface area contributed by atoms with E-state index < -0.39 is 5.60 Å². The summed E-state index contributed by atoms with van der Waals surface area (Å²) in [5.41, 5.74) is 2.33. The van der Waals surface area contributed by atoms with Crippen molar-refractivity contribution in [2.45, 2.75) is 18.9 Å². The highest BCUT2D eigenvalue weighted by atomic mass is 16.5. The number of β-amino-alcohol motifs (C(OH)–C–C–N with tert-alkyl or cyclic N) is 1. The number of aryl methyl sites for hydroxylation is 1. The Balaban J connectivity index is 1.49. The van der Waals surface area contributed by atoms with Crippen molar-refractivity contribution >= 4 is 5.91 Å². The van der Waals surface area contributed by atoms with Crippen LogP contribution in [0.2, 0.25) is 0 Å². The van der Waals surface area contributed by atoms with Gasteiger partial charge in [0.05, 0.1) is 13.7 Å². The summed E-state index contributed by atoms with van der Waals surface area (Å²) in [7, 11) is 1.61. The first-order valence-corrected chi connectivity index (χ1v) is 9.18. The number of amides is 1. The minimum atomic E-state index is -1.04. The Morgan fingerprint density at radius 1 is 1.18 bits per heavy atom. The highest BCUT2D eigenvalue weighted by Gasteiger charge is 2.40. The monoisotopic (exact) mass is 378 g/mol. The van der Waals surface area contributed by atoms with Crippen LogP contribution in [-0.4, -0.2) is 41.3 Å². The lowest BCUT2D eigenvalue weighted by Gasteiger charge is -2.23. The van der Waals surface area contributed by atoms with Crippen molar-refractivity contribution in [1.82, 2.24) is 10.1 Å². The number of aromatic nitrogens is 1. The molecule has 3 aromatic rings. The van der Waals surface area contributed by atoms with E-state index in [0.29, 0.717) is 18.7 Å². The molecule has 0 spiro atoms. The van der Waals surface area contributed by atoms with Crippen molar-refractivity contribution in [3.05, 3.63) is 71.5 Å². The molecule has 1 aliphatic heterocycles. The smallest absolute Gasteiger partial charge is 0.292 e. The van der Waals surface area contributed by atoms with Crippen LogP contribution in [0.25, 0.3) is 11.3 Å². The molecule has 1 amide bonds. The van der Waals surface area contributed by atoms with E-state index in [1.54, 1.807) is 18.1 Å². The quantitative estimate of drug-likeness (QED) is 0.753. The molecular weight excluding hydrogens is 356 g/mol. The van der Waals surface area contributed by atoms with Crippen molar-refractivity contribution < 1.29 is 19.2 Å². The van der Waals surface area contributed by atoms with Gasteiger partial charge >= 0.3 is 0 Å². The van der Waals surface area contributed by atoms with E-state index in [4.69, 9.17) is 9.26 Å². The van der Waals surface area contributed by atoms with Gasteiger partial charge in [-0.2, -0.15) is 0 Å². The van der Waals surface area contributed by atoms with Crippen molar-refractivity contribution in [1.29, 1.82) is 0 Å². The number of hydrogen-bond acceptors (Lipinski definition) is 5. The van der Waals surface area contributed by atoms with Crippen molar-refractivity contribution in [3.8, 4) is 17.0 Å². The van der Waals surface area contributed by atoms with Gasteiger partial charge < -0.3 is 19.3 Å². The lowest BCUT2D eigenvalue weighted by molar-refractivity contribution is 0.0404. The third-order valence-corrected chi connectivity index (χ3v) is 5.23. The predicted octanol–water partition coefficient (Wildman–Crippen LogP) is 3.39. The number of aliphatic hydroxyl groups is 1. The minimum absolute atomic E-state index is 0.166. The molecule has 0 bridgehead atoms. The van der Waals surface area contributed by atoms with E-state index in [1.165, 1.54) is 0 Å². The van der Waals surface area contributed by atoms with Gasteiger partial charge in [0.2, 0.25) is 5.76 Å². The largest absolute Gasteiger partial charge is 0.497 e. The fourth-order valence-corrected chi connectivity index (χ4v) is 3.50. The molecule has 28 heavy (non-hydrogen) atoms. The first kappa shape index (κ1) is 18.3. The van der Waals surface area contributed by atoms with E-state index in [0.717, 1.165) is 22.4 Å². The Labute approximate surface area is 163 Å². The maximum Gasteiger partial charge on any atom is 0.292 e. The van der Waals surface area contributed by atoms with Gasteiger partial charge in [0.25, 0.3) is 5.91 Å². The lowest BCUT2D eigenvalue weighted by Crippen LogP contribution is -2.34. The van der Waals surface area contributed by atoms with Crippen LogP contribution in [0.3, 0.4) is 0 Å². The molecule has 4 rings (SSSR count). The number of ether oxygens (including phenoxy) is 1. The second-order valence-corrected chi connectivity index (χ2v) is 7.18. The van der Waals surface area contributed by atoms with E-state index in [9.17, 15) is 9.90 Å². The molecule has 2 heterocycles. The summed E-state index contributed by atoms with van der Waals surface area (Å²) in [6.07, 6.45) is 0.487. The normalized spacial score (nSPS) is 19.0. The summed E-state index contributed by atoms with van der Waals surface area (Å²) in [5.74, 6) is 0.644. The summed E-state index contributed by atoms with van der Waals surface area (Å²) in [6.45, 7) is 2.69. The summed E-state index contributed by atoms with van der Waals surface area (Å²) in [4.78, 5) is 14.4. The van der Waals surface area contributed by atoms with Crippen molar-refractivity contribution in [2.24, 2.45) is 0 Å². The average molecular weight is 378 g/mol. The van der Waals surface area contributed by atoms with E-state index >= 15 is 0 Å². The number of methoxy groups -OCH3 is 1. The van der Waals surface area contributed by atoms with E-state index in [-0.39, 0.29) is 18.2 Å². The highest BCUT2D eigenvalue weighted by Crippen LogP contribution is 2.33. The Bertz CT molecular complexity index is 979. The second-order valence-electron chi connectivity index (χ2n) is 7.18. The fraction of sp³-hybridized carbons (Fsp3) is 0.273. The summed E-state index contributed by atoms with van der Waals surface area (Å²) < 4.78 is 10.4. The number of rotatable bonds is 4. The molecule has 144 valence electrons. The highest BCUT2D eigenvalue weighted by molar-refractivity contribution is 5.92. The molecule has 1 atom stereocenters. The molecule has 1 N–H and O–H groups in total. The summed E-state index contributed by atoms with van der Waals surface area (Å²) in [6, 6.07) is 16.8. The Kier molecular flexibility index (Phi) is 4.65. The maximum atomic E-state index is 12.8. The number of benzene rings is 2. The SMILES string of the molecule is COc1ccc(-c2cc(C(=O)N3CCC(O)(c4ccc(C)cc4)C3)on2)cc1. The van der Waals surface area contributed by atoms with Crippen LogP contribution in [0.1, 0.15) is 28.1 Å². The van der Waals surface area contributed by atoms with Gasteiger partial charge in [0, 0.05) is 18.2 Å². The van der Waals surface area contributed by atoms with Gasteiger partial charge in [-0.3, -0.25) is 4.79 Å². The Morgan fingerprint density at radius 3 is 2.57 bits per heavy atom. The fourth-order valence-electron chi connectivity index (χ4n) is 3.50. The molecular formula is C22H22N2O4. The van der Waals surface area contributed by atoms with Crippen LogP contribution in [0.5, 0.6) is 5.75 Å². The van der Waals surface area contributed by atoms with Crippen LogP contribution in [0.4, 0.5) is 0 Å². The predicted molar refractivity (Wildman–Crippen MR) is 104 cm³/mol. The zero-order chi connectivity index (χ0) is 19.7. The van der Waals surface area contributed by atoms with E-state index in [2.05, 4.69) is 5.16 Å². The minimum Gasteiger partial charge on any atom is -0.497 e. The average Bonchev–Trinajstić information content (AvgIpc) is 3.36. The standard InChI is InChI=1S/C22H22N2O4/c1-15-3-7-17(8-4-15)22(26)11-12-24(14-22)21(25)20-13-19(23-28-20)16-5-9-18(27-2)10-6-16/h3-10,13,26H,11-12,14H2,1-2H3. The van der Waals surface area contributed by atoms with Crippen LogP contribution >= 0.6 is 0 Å². The first-order valence-electron chi connectivity index (χ1n) is 9.18. The van der Waals surface area contributed by atoms with Gasteiger partial charge in [-0.1, -0.05) is 35.0 Å². The molecule has 6 nitrogen and oxygen atoms in total. The molecule has 1 fully saturated rings.